The van der Waals surface area contributed by atoms with Gasteiger partial charge in [-0.2, -0.15) is 0 Å². The van der Waals surface area contributed by atoms with Crippen LogP contribution in [0.4, 0.5) is 0 Å². The number of carbonyl (C=O) groups is 2. The van der Waals surface area contributed by atoms with Gasteiger partial charge in [-0.05, 0) is 37.1 Å². The molecule has 1 saturated heterocycles. The summed E-state index contributed by atoms with van der Waals surface area (Å²) < 4.78 is 16.2. The fourth-order valence-corrected chi connectivity index (χ4v) is 3.37. The third kappa shape index (κ3) is 4.74. The zero-order chi connectivity index (χ0) is 20.1. The smallest absolute Gasteiger partial charge is 0.344 e. The molecule has 2 heterocycles. The van der Waals surface area contributed by atoms with Crippen molar-refractivity contribution >= 4 is 23.0 Å². The van der Waals surface area contributed by atoms with Gasteiger partial charge in [0.05, 0.1) is 0 Å². The van der Waals surface area contributed by atoms with Gasteiger partial charge in [0.1, 0.15) is 11.3 Å². The van der Waals surface area contributed by atoms with Gasteiger partial charge in [0.25, 0.3) is 5.91 Å². The molecule has 7 heteroatoms. The Morgan fingerprint density at radius 2 is 1.72 bits per heavy atom. The molecular formula is C22H22N2O5. The molecule has 0 atom stereocenters. The van der Waals surface area contributed by atoms with Gasteiger partial charge >= 0.3 is 5.97 Å². The van der Waals surface area contributed by atoms with Crippen molar-refractivity contribution in [2.75, 3.05) is 26.3 Å². The number of amides is 1. The minimum atomic E-state index is -0.566. The summed E-state index contributed by atoms with van der Waals surface area (Å²) in [6.45, 7) is 0.669. The number of piperidine rings is 1. The Labute approximate surface area is 168 Å². The number of oxazole rings is 1. The number of benzene rings is 2. The van der Waals surface area contributed by atoms with Crippen LogP contribution in [0.15, 0.2) is 59.0 Å². The third-order valence-electron chi connectivity index (χ3n) is 4.96. The quantitative estimate of drug-likeness (QED) is 0.598. The van der Waals surface area contributed by atoms with Crippen molar-refractivity contribution in [3.05, 3.63) is 60.5 Å². The molecule has 3 aromatic rings. The van der Waals surface area contributed by atoms with Crippen molar-refractivity contribution in [1.82, 2.24) is 9.88 Å². The molecule has 29 heavy (non-hydrogen) atoms. The van der Waals surface area contributed by atoms with Gasteiger partial charge in [-0.1, -0.05) is 30.3 Å². The molecule has 0 unspecified atom stereocenters. The number of para-hydroxylation sites is 3. The summed E-state index contributed by atoms with van der Waals surface area (Å²) in [7, 11) is 0. The van der Waals surface area contributed by atoms with Crippen molar-refractivity contribution in [3.63, 3.8) is 0 Å². The largest absolute Gasteiger partial charge is 0.482 e. The predicted molar refractivity (Wildman–Crippen MR) is 105 cm³/mol. The van der Waals surface area contributed by atoms with E-state index in [0.29, 0.717) is 18.8 Å². The van der Waals surface area contributed by atoms with E-state index in [1.54, 1.807) is 17.0 Å². The molecule has 1 aliphatic heterocycles. The van der Waals surface area contributed by atoms with Gasteiger partial charge < -0.3 is 18.8 Å². The number of rotatable bonds is 6. The lowest BCUT2D eigenvalue weighted by atomic mass is 9.97. The molecule has 0 aliphatic carbocycles. The van der Waals surface area contributed by atoms with Gasteiger partial charge in [0, 0.05) is 19.0 Å². The summed E-state index contributed by atoms with van der Waals surface area (Å²) >= 11 is 0. The molecule has 0 spiro atoms. The van der Waals surface area contributed by atoms with Crippen molar-refractivity contribution in [1.29, 1.82) is 0 Å². The third-order valence-corrected chi connectivity index (χ3v) is 4.96. The molecule has 4 rings (SSSR count). The summed E-state index contributed by atoms with van der Waals surface area (Å²) in [5, 5.41) is 0. The first-order chi connectivity index (χ1) is 14.2. The van der Waals surface area contributed by atoms with E-state index in [1.807, 2.05) is 42.5 Å². The Hall–Kier alpha value is -3.35. The van der Waals surface area contributed by atoms with E-state index in [2.05, 4.69) is 4.98 Å². The molecule has 7 nitrogen and oxygen atoms in total. The summed E-state index contributed by atoms with van der Waals surface area (Å²) in [6.07, 6.45) is 1.53. The SMILES string of the molecule is O=C(COc1ccccc1)OCC(=O)N1CCC(c2nc3ccccc3o2)CC1. The van der Waals surface area contributed by atoms with Crippen LogP contribution in [0.2, 0.25) is 0 Å². The molecule has 1 aliphatic rings. The van der Waals surface area contributed by atoms with Crippen LogP contribution < -0.4 is 4.74 Å². The predicted octanol–water partition coefficient (Wildman–Crippen LogP) is 3.16. The molecule has 1 amide bonds. The van der Waals surface area contributed by atoms with Crippen molar-refractivity contribution < 1.29 is 23.5 Å². The number of likely N-dealkylation sites (tertiary alicyclic amines) is 1. The zero-order valence-electron chi connectivity index (χ0n) is 16.0. The molecular weight excluding hydrogens is 372 g/mol. The van der Waals surface area contributed by atoms with Gasteiger partial charge in [0.2, 0.25) is 0 Å². The lowest BCUT2D eigenvalue weighted by molar-refractivity contribution is -0.154. The van der Waals surface area contributed by atoms with Crippen molar-refractivity contribution in [2.24, 2.45) is 0 Å². The monoisotopic (exact) mass is 394 g/mol. The highest BCUT2D eigenvalue weighted by Crippen LogP contribution is 2.29. The number of hydrogen-bond donors (Lipinski definition) is 0. The molecule has 0 radical (unpaired) electrons. The number of ether oxygens (including phenoxy) is 2. The molecule has 0 N–H and O–H groups in total. The maximum Gasteiger partial charge on any atom is 0.344 e. The van der Waals surface area contributed by atoms with Crippen LogP contribution in [0.3, 0.4) is 0 Å². The first kappa shape index (κ1) is 19.0. The van der Waals surface area contributed by atoms with Crippen LogP contribution in [0.25, 0.3) is 11.1 Å². The highest BCUT2D eigenvalue weighted by molar-refractivity contribution is 5.81. The molecule has 1 fully saturated rings. The second-order valence-electron chi connectivity index (χ2n) is 6.94. The fourth-order valence-electron chi connectivity index (χ4n) is 3.37. The van der Waals surface area contributed by atoms with Crippen molar-refractivity contribution in [3.8, 4) is 5.75 Å². The van der Waals surface area contributed by atoms with E-state index in [0.717, 1.165) is 29.8 Å². The van der Waals surface area contributed by atoms with Crippen molar-refractivity contribution in [2.45, 2.75) is 18.8 Å². The van der Waals surface area contributed by atoms with Gasteiger partial charge in [0.15, 0.2) is 24.7 Å². The van der Waals surface area contributed by atoms with E-state index in [4.69, 9.17) is 13.9 Å². The maximum atomic E-state index is 12.3. The summed E-state index contributed by atoms with van der Waals surface area (Å²) in [4.78, 5) is 30.4. The maximum absolute atomic E-state index is 12.3. The average molecular weight is 394 g/mol. The number of nitrogens with zero attached hydrogens (tertiary/aromatic N) is 2. The van der Waals surface area contributed by atoms with Crippen LogP contribution in [0.1, 0.15) is 24.7 Å². The van der Waals surface area contributed by atoms with Crippen LogP contribution in [-0.4, -0.2) is 48.1 Å². The van der Waals surface area contributed by atoms with Crippen LogP contribution in [0.5, 0.6) is 5.75 Å². The Morgan fingerprint density at radius 3 is 2.48 bits per heavy atom. The Bertz CT molecular complexity index is 944. The second kappa shape index (κ2) is 8.77. The van der Waals surface area contributed by atoms with E-state index >= 15 is 0 Å². The molecule has 2 aromatic carbocycles. The van der Waals surface area contributed by atoms with Crippen LogP contribution in [-0.2, 0) is 14.3 Å². The molecule has 0 bridgehead atoms. The average Bonchev–Trinajstić information content (AvgIpc) is 3.21. The van der Waals surface area contributed by atoms with E-state index in [9.17, 15) is 9.59 Å². The first-order valence-electron chi connectivity index (χ1n) is 9.66. The van der Waals surface area contributed by atoms with Crippen LogP contribution in [0, 0.1) is 0 Å². The number of hydrogen-bond acceptors (Lipinski definition) is 6. The standard InChI is InChI=1S/C22H22N2O5/c25-20(14-28-21(26)15-27-17-6-2-1-3-7-17)24-12-10-16(11-13-24)22-23-18-8-4-5-9-19(18)29-22/h1-9,16H,10-15H2. The molecule has 150 valence electrons. The Morgan fingerprint density at radius 1 is 1.00 bits per heavy atom. The summed E-state index contributed by atoms with van der Waals surface area (Å²) in [6, 6.07) is 16.7. The number of esters is 1. The summed E-state index contributed by atoms with van der Waals surface area (Å²) in [5.74, 6) is 0.728. The second-order valence-corrected chi connectivity index (χ2v) is 6.94. The lowest BCUT2D eigenvalue weighted by Gasteiger charge is -2.30. The van der Waals surface area contributed by atoms with Gasteiger partial charge in [-0.25, -0.2) is 9.78 Å². The Kier molecular flexibility index (Phi) is 5.74. The number of aromatic nitrogens is 1. The normalized spacial score (nSPS) is 14.7. The van der Waals surface area contributed by atoms with Gasteiger partial charge in [-0.3, -0.25) is 4.79 Å². The van der Waals surface area contributed by atoms with E-state index in [1.165, 1.54) is 0 Å². The van der Waals surface area contributed by atoms with E-state index < -0.39 is 5.97 Å². The number of fused-ring (bicyclic) bond motifs is 1. The minimum absolute atomic E-state index is 0.188. The highest BCUT2D eigenvalue weighted by Gasteiger charge is 2.27. The summed E-state index contributed by atoms with van der Waals surface area (Å²) in [5.41, 5.74) is 1.64. The van der Waals surface area contributed by atoms with Crippen LogP contribution >= 0.6 is 0 Å². The topological polar surface area (TPSA) is 81.9 Å². The fraction of sp³-hybridized carbons (Fsp3) is 0.318. The van der Waals surface area contributed by atoms with E-state index in [-0.39, 0.29) is 25.0 Å². The zero-order valence-corrected chi connectivity index (χ0v) is 16.0. The minimum Gasteiger partial charge on any atom is -0.482 e. The highest BCUT2D eigenvalue weighted by atomic mass is 16.6. The molecule has 0 saturated carbocycles. The lowest BCUT2D eigenvalue weighted by Crippen LogP contribution is -2.40. The van der Waals surface area contributed by atoms with Gasteiger partial charge in [-0.15, -0.1) is 0 Å². The number of carbonyl (C=O) groups excluding carboxylic acids is 2. The Balaban J connectivity index is 1.21. The molecule has 1 aromatic heterocycles. The first-order valence-corrected chi connectivity index (χ1v) is 9.66.